The molecule has 0 aliphatic rings. The van der Waals surface area contributed by atoms with Crippen LogP contribution in [-0.2, 0) is 0 Å². The minimum Gasteiger partial charge on any atom is -0.398 e. The number of hydrogen-bond acceptors (Lipinski definition) is 4. The lowest BCUT2D eigenvalue weighted by molar-refractivity contribution is 1.11. The number of rotatable bonds is 10. The highest BCUT2D eigenvalue weighted by molar-refractivity contribution is 5.98. The molecule has 0 atom stereocenters. The van der Waals surface area contributed by atoms with E-state index < -0.39 is 0 Å². The van der Waals surface area contributed by atoms with Crippen molar-refractivity contribution in [1.82, 2.24) is 23.9 Å². The summed E-state index contributed by atoms with van der Waals surface area (Å²) in [5, 5.41) is 0.959. The first-order valence-electron chi connectivity index (χ1n) is 19.3. The van der Waals surface area contributed by atoms with E-state index in [1.54, 1.807) is 0 Å². The molecule has 6 heteroatoms. The van der Waals surface area contributed by atoms with Crippen LogP contribution in [0.25, 0.3) is 78.7 Å². The second kappa shape index (κ2) is 15.4. The molecule has 0 fully saturated rings. The van der Waals surface area contributed by atoms with Gasteiger partial charge in [-0.15, -0.1) is 0 Å². The Kier molecular flexibility index (Phi) is 9.50. The Labute approximate surface area is 338 Å². The molecule has 0 radical (unpaired) electrons. The zero-order chi connectivity index (χ0) is 39.6. The van der Waals surface area contributed by atoms with Crippen LogP contribution in [0.15, 0.2) is 201 Å². The van der Waals surface area contributed by atoms with Gasteiger partial charge in [0.15, 0.2) is 0 Å². The number of allylic oxidation sites excluding steroid dienone is 5. The molecule has 58 heavy (non-hydrogen) atoms. The molecule has 2 N–H and O–H groups in total. The summed E-state index contributed by atoms with van der Waals surface area (Å²) in [7, 11) is 0. The molecule has 0 saturated heterocycles. The van der Waals surface area contributed by atoms with Gasteiger partial charge in [0.2, 0.25) is 0 Å². The van der Waals surface area contributed by atoms with E-state index in [9.17, 15) is 0 Å². The first-order valence-corrected chi connectivity index (χ1v) is 19.3. The van der Waals surface area contributed by atoms with E-state index in [1.807, 2.05) is 128 Å². The van der Waals surface area contributed by atoms with Gasteiger partial charge in [0, 0.05) is 39.0 Å². The Morgan fingerprint density at radius 3 is 1.78 bits per heavy atom. The van der Waals surface area contributed by atoms with Gasteiger partial charge in [0.25, 0.3) is 0 Å². The number of imidazole rings is 2. The summed E-state index contributed by atoms with van der Waals surface area (Å²) < 4.78 is 4.32. The Morgan fingerprint density at radius 2 is 1.12 bits per heavy atom. The number of nitrogens with two attached hydrogens (primary N) is 1. The summed E-state index contributed by atoms with van der Waals surface area (Å²) in [6, 6.07) is 57.1. The second-order valence-electron chi connectivity index (χ2n) is 14.0. The third-order valence-electron chi connectivity index (χ3n) is 10.4. The van der Waals surface area contributed by atoms with Crippen molar-refractivity contribution in [2.75, 3.05) is 5.73 Å². The molecule has 0 aliphatic carbocycles. The van der Waals surface area contributed by atoms with Crippen molar-refractivity contribution in [1.29, 1.82) is 0 Å². The summed E-state index contributed by atoms with van der Waals surface area (Å²) >= 11 is 0. The van der Waals surface area contributed by atoms with Crippen molar-refractivity contribution >= 4 is 39.1 Å². The zero-order valence-electron chi connectivity index (χ0n) is 32.1. The van der Waals surface area contributed by atoms with Crippen LogP contribution in [0.4, 0.5) is 5.69 Å². The predicted molar refractivity (Wildman–Crippen MR) is 242 cm³/mol. The first-order chi connectivity index (χ1) is 28.5. The number of fused-ring (bicyclic) bond motifs is 3. The molecule has 0 aliphatic heterocycles. The highest BCUT2D eigenvalue weighted by Gasteiger charge is 2.26. The number of hydrogen-bond donors (Lipinski definition) is 1. The highest BCUT2D eigenvalue weighted by atomic mass is 15.1. The van der Waals surface area contributed by atoms with E-state index in [0.29, 0.717) is 11.5 Å². The fraction of sp³-hybridized carbons (Fsp3) is 0.0192. The van der Waals surface area contributed by atoms with Gasteiger partial charge in [-0.1, -0.05) is 177 Å². The molecule has 6 nitrogen and oxygen atoms in total. The van der Waals surface area contributed by atoms with Crippen molar-refractivity contribution in [3.05, 3.63) is 218 Å². The highest BCUT2D eigenvalue weighted by Crippen LogP contribution is 2.41. The van der Waals surface area contributed by atoms with E-state index in [2.05, 4.69) is 88.9 Å². The van der Waals surface area contributed by atoms with E-state index in [4.69, 9.17) is 20.7 Å². The van der Waals surface area contributed by atoms with Crippen molar-refractivity contribution in [2.45, 2.75) is 6.92 Å². The van der Waals surface area contributed by atoms with Gasteiger partial charge in [-0.05, 0) is 47.9 Å². The monoisotopic (exact) mass is 748 g/mol. The molecular weight excluding hydrogens is 709 g/mol. The maximum absolute atomic E-state index is 6.67. The van der Waals surface area contributed by atoms with Gasteiger partial charge in [0.1, 0.15) is 17.3 Å². The Balaban J connectivity index is 1.24. The van der Waals surface area contributed by atoms with Gasteiger partial charge in [-0.3, -0.25) is 8.97 Å². The Hall–Kier alpha value is -7.83. The SMILES string of the molecule is C=C(/C=C\C(=C/C)c1nc(-c2ccccc2N)n(C(=C)c2ccccc2)c1-c1ccccc1)c1nc2c3ccccc3nc(-c3ccccc3)n2c1-c1ccccc1. The fourth-order valence-electron chi connectivity index (χ4n) is 7.57. The maximum atomic E-state index is 6.67. The Bertz CT molecular complexity index is 3030. The van der Waals surface area contributed by atoms with Crippen LogP contribution in [-0.4, -0.2) is 23.9 Å². The zero-order valence-corrected chi connectivity index (χ0v) is 32.1. The molecule has 0 saturated carbocycles. The van der Waals surface area contributed by atoms with Crippen molar-refractivity contribution < 1.29 is 0 Å². The molecule has 9 aromatic rings. The summed E-state index contributed by atoms with van der Waals surface area (Å²) in [4.78, 5) is 16.0. The van der Waals surface area contributed by atoms with Crippen LogP contribution in [0.2, 0.25) is 0 Å². The molecular formula is C52H40N6. The van der Waals surface area contributed by atoms with Crippen LogP contribution in [0.3, 0.4) is 0 Å². The normalized spacial score (nSPS) is 11.8. The number of nitrogen functional groups attached to an aromatic ring is 1. The second-order valence-corrected chi connectivity index (χ2v) is 14.0. The van der Waals surface area contributed by atoms with Crippen LogP contribution in [0.5, 0.6) is 0 Å². The molecule has 3 aromatic heterocycles. The smallest absolute Gasteiger partial charge is 0.149 e. The minimum absolute atomic E-state index is 0.629. The molecule has 0 spiro atoms. The summed E-state index contributed by atoms with van der Waals surface area (Å²) in [5.41, 5.74) is 19.6. The molecule has 278 valence electrons. The quantitative estimate of drug-likeness (QED) is 0.112. The van der Waals surface area contributed by atoms with Crippen LogP contribution < -0.4 is 5.73 Å². The lowest BCUT2D eigenvalue weighted by Crippen LogP contribution is -2.04. The summed E-state index contributed by atoms with van der Waals surface area (Å²) in [6.45, 7) is 11.3. The van der Waals surface area contributed by atoms with Crippen LogP contribution >= 0.6 is 0 Å². The van der Waals surface area contributed by atoms with Gasteiger partial charge in [-0.25, -0.2) is 15.0 Å². The van der Waals surface area contributed by atoms with E-state index in [-0.39, 0.29) is 0 Å². The average molecular weight is 749 g/mol. The fourth-order valence-corrected chi connectivity index (χ4v) is 7.57. The Morgan fingerprint density at radius 1 is 0.552 bits per heavy atom. The minimum atomic E-state index is 0.629. The molecule has 0 bridgehead atoms. The number of para-hydroxylation sites is 2. The number of aromatic nitrogens is 5. The van der Waals surface area contributed by atoms with E-state index in [0.717, 1.165) is 89.8 Å². The number of anilines is 1. The van der Waals surface area contributed by atoms with E-state index in [1.165, 1.54) is 0 Å². The lowest BCUT2D eigenvalue weighted by atomic mass is 10.0. The molecule has 3 heterocycles. The molecule has 0 unspecified atom stereocenters. The van der Waals surface area contributed by atoms with Crippen molar-refractivity contribution in [3.8, 4) is 45.3 Å². The van der Waals surface area contributed by atoms with Gasteiger partial charge in [-0.2, -0.15) is 0 Å². The summed E-state index contributed by atoms with van der Waals surface area (Å²) in [5.74, 6) is 1.51. The van der Waals surface area contributed by atoms with Crippen LogP contribution in [0.1, 0.15) is 23.9 Å². The molecule has 0 amide bonds. The number of benzene rings is 6. The van der Waals surface area contributed by atoms with Gasteiger partial charge < -0.3 is 5.73 Å². The molecule has 6 aromatic carbocycles. The average Bonchev–Trinajstić information content (AvgIpc) is 3.88. The van der Waals surface area contributed by atoms with Gasteiger partial charge in [0.05, 0.1) is 28.3 Å². The largest absolute Gasteiger partial charge is 0.398 e. The van der Waals surface area contributed by atoms with Crippen molar-refractivity contribution in [2.24, 2.45) is 0 Å². The van der Waals surface area contributed by atoms with Crippen LogP contribution in [0, 0.1) is 0 Å². The van der Waals surface area contributed by atoms with E-state index >= 15 is 0 Å². The third-order valence-corrected chi connectivity index (χ3v) is 10.4. The van der Waals surface area contributed by atoms with Gasteiger partial charge >= 0.3 is 0 Å². The third kappa shape index (κ3) is 6.42. The predicted octanol–water partition coefficient (Wildman–Crippen LogP) is 12.5. The standard InChI is InChI=1S/C52H40N6/c1-4-37(47-49(40-25-13-7-14-26-40)57(36(3)38-21-9-5-10-22-38)51(56-47)42-29-17-19-31-44(42)53)34-33-35(2)46-48(39-23-11-6-12-24-39)58-50(41-27-15-8-16-28-41)54-45-32-20-18-30-43(45)52(58)55-46/h4-34H,2-3,53H2,1H3/b34-33-,37-4+. The topological polar surface area (TPSA) is 74.0 Å². The first kappa shape index (κ1) is 35.8. The molecule has 9 rings (SSSR count). The van der Waals surface area contributed by atoms with Crippen molar-refractivity contribution in [3.63, 3.8) is 0 Å². The maximum Gasteiger partial charge on any atom is 0.149 e. The lowest BCUT2D eigenvalue weighted by Gasteiger charge is -2.17. The number of nitrogens with zero attached hydrogens (tertiary/aromatic N) is 5. The summed E-state index contributed by atoms with van der Waals surface area (Å²) in [6.07, 6.45) is 6.20.